The van der Waals surface area contributed by atoms with Gasteiger partial charge in [0.15, 0.2) is 0 Å². The van der Waals surface area contributed by atoms with Gasteiger partial charge in [-0.25, -0.2) is 4.98 Å². The molecule has 0 spiro atoms. The highest BCUT2D eigenvalue weighted by atomic mass is 16.2. The van der Waals surface area contributed by atoms with Crippen LogP contribution in [0.2, 0.25) is 0 Å². The van der Waals surface area contributed by atoms with Gasteiger partial charge in [-0.15, -0.1) is 0 Å². The molecule has 0 aromatic carbocycles. The molecule has 0 aliphatic carbocycles. The van der Waals surface area contributed by atoms with E-state index in [1.165, 1.54) is 12.3 Å². The van der Waals surface area contributed by atoms with Crippen molar-refractivity contribution in [2.24, 2.45) is 0 Å². The maximum absolute atomic E-state index is 10.9. The van der Waals surface area contributed by atoms with Gasteiger partial charge in [-0.3, -0.25) is 4.79 Å². The molecule has 0 saturated carbocycles. The van der Waals surface area contributed by atoms with Crippen LogP contribution in [0.15, 0.2) is 18.3 Å². The molecule has 1 amide bonds. The molecule has 0 saturated heterocycles. The third-order valence-electron chi connectivity index (χ3n) is 1.43. The van der Waals surface area contributed by atoms with E-state index >= 15 is 0 Å². The monoisotopic (exact) mass is 189 g/mol. The summed E-state index contributed by atoms with van der Waals surface area (Å²) < 4.78 is 0. The first kappa shape index (κ1) is 9.86. The first-order valence-electron chi connectivity index (χ1n) is 3.86. The molecular weight excluding hydrogens is 182 g/mol. The second-order valence-corrected chi connectivity index (χ2v) is 2.46. The molecule has 1 N–H and O–H groups in total. The van der Waals surface area contributed by atoms with Crippen molar-refractivity contribution in [2.45, 2.75) is 6.42 Å². The van der Waals surface area contributed by atoms with E-state index in [9.17, 15) is 9.59 Å². The van der Waals surface area contributed by atoms with Crippen molar-refractivity contribution in [3.05, 3.63) is 24.0 Å². The van der Waals surface area contributed by atoms with Gasteiger partial charge in [0.05, 0.1) is 18.3 Å². The second kappa shape index (κ2) is 4.72. The van der Waals surface area contributed by atoms with Crippen molar-refractivity contribution in [2.75, 3.05) is 5.32 Å². The Balaban J connectivity index is 2.65. The van der Waals surface area contributed by atoms with E-state index in [0.29, 0.717) is 12.0 Å². The summed E-state index contributed by atoms with van der Waals surface area (Å²) in [7, 11) is 0. The van der Waals surface area contributed by atoms with E-state index in [4.69, 9.17) is 5.26 Å². The number of aromatic nitrogens is 1. The highest BCUT2D eigenvalue weighted by Crippen LogP contribution is 2.05. The summed E-state index contributed by atoms with van der Waals surface area (Å²) >= 11 is 0. The van der Waals surface area contributed by atoms with Crippen LogP contribution in [0.5, 0.6) is 0 Å². The zero-order valence-corrected chi connectivity index (χ0v) is 7.23. The topological polar surface area (TPSA) is 82.9 Å². The Morgan fingerprint density at radius 3 is 2.93 bits per heavy atom. The number of anilines is 1. The minimum absolute atomic E-state index is 0.181. The predicted molar refractivity (Wildman–Crippen MR) is 48.3 cm³/mol. The van der Waals surface area contributed by atoms with E-state index in [0.717, 1.165) is 0 Å². The minimum atomic E-state index is -0.397. The number of nitrogens with one attached hydrogen (secondary N) is 1. The van der Waals surface area contributed by atoms with Crippen LogP contribution in [0, 0.1) is 11.3 Å². The van der Waals surface area contributed by atoms with Crippen LogP contribution in [-0.2, 0) is 9.59 Å². The van der Waals surface area contributed by atoms with E-state index < -0.39 is 5.91 Å². The summed E-state index contributed by atoms with van der Waals surface area (Å²) in [5, 5.41) is 10.9. The van der Waals surface area contributed by atoms with E-state index in [-0.39, 0.29) is 12.1 Å². The Morgan fingerprint density at radius 2 is 2.43 bits per heavy atom. The van der Waals surface area contributed by atoms with Gasteiger partial charge in [0.2, 0.25) is 5.91 Å². The molecule has 14 heavy (non-hydrogen) atoms. The maximum atomic E-state index is 10.9. The van der Waals surface area contributed by atoms with Crippen molar-refractivity contribution < 1.29 is 9.59 Å². The van der Waals surface area contributed by atoms with Crippen LogP contribution in [0.25, 0.3) is 0 Å². The Kier molecular flexibility index (Phi) is 3.33. The Labute approximate surface area is 80.4 Å². The summed E-state index contributed by atoms with van der Waals surface area (Å²) in [5.41, 5.74) is 0.745. The van der Waals surface area contributed by atoms with Crippen molar-refractivity contribution >= 4 is 17.9 Å². The normalized spacial score (nSPS) is 8.79. The van der Waals surface area contributed by atoms with Crippen LogP contribution in [-0.4, -0.2) is 17.2 Å². The van der Waals surface area contributed by atoms with Gasteiger partial charge >= 0.3 is 0 Å². The molecule has 0 aliphatic heterocycles. The smallest absolute Gasteiger partial charge is 0.231 e. The zero-order chi connectivity index (χ0) is 10.4. The number of hydrogen-bond acceptors (Lipinski definition) is 4. The van der Waals surface area contributed by atoms with Gasteiger partial charge in [0.1, 0.15) is 18.0 Å². The first-order chi connectivity index (χ1) is 6.76. The number of aldehydes is 1. The van der Waals surface area contributed by atoms with Gasteiger partial charge in [-0.1, -0.05) is 0 Å². The number of nitriles is 1. The third-order valence-corrected chi connectivity index (χ3v) is 1.43. The molecule has 0 fully saturated rings. The molecular formula is C9H7N3O2. The number of hydrogen-bond donors (Lipinski definition) is 1. The molecule has 0 bridgehead atoms. The standard InChI is InChI=1S/C9H7N3O2/c10-5-7-1-2-8(6-11-7)12-9(14)3-4-13/h1-2,4,6H,3H2,(H,12,14). The van der Waals surface area contributed by atoms with Crippen LogP contribution in [0.4, 0.5) is 5.69 Å². The molecule has 0 unspecified atom stereocenters. The average molecular weight is 189 g/mol. The number of amides is 1. The zero-order valence-electron chi connectivity index (χ0n) is 7.23. The Bertz CT molecular complexity index is 378. The summed E-state index contributed by atoms with van der Waals surface area (Å²) in [4.78, 5) is 24.7. The van der Waals surface area contributed by atoms with Gasteiger partial charge in [0, 0.05) is 0 Å². The molecule has 1 rings (SSSR count). The molecule has 0 radical (unpaired) electrons. The lowest BCUT2D eigenvalue weighted by Gasteiger charge is -2.00. The Morgan fingerprint density at radius 1 is 1.64 bits per heavy atom. The number of carbonyl (C=O) groups excluding carboxylic acids is 2. The maximum Gasteiger partial charge on any atom is 0.231 e. The SMILES string of the molecule is N#Cc1ccc(NC(=O)CC=O)cn1. The lowest BCUT2D eigenvalue weighted by molar-refractivity contribution is -0.119. The van der Waals surface area contributed by atoms with Gasteiger partial charge < -0.3 is 10.1 Å². The summed E-state index contributed by atoms with van der Waals surface area (Å²) in [6.07, 6.45) is 1.70. The second-order valence-electron chi connectivity index (χ2n) is 2.46. The fourth-order valence-electron chi connectivity index (χ4n) is 0.822. The van der Waals surface area contributed by atoms with Crippen molar-refractivity contribution in [3.8, 4) is 6.07 Å². The molecule has 0 atom stereocenters. The van der Waals surface area contributed by atoms with Crippen LogP contribution >= 0.6 is 0 Å². The van der Waals surface area contributed by atoms with E-state index in [1.807, 2.05) is 6.07 Å². The molecule has 5 heteroatoms. The predicted octanol–water partition coefficient (Wildman–Crippen LogP) is 0.481. The van der Waals surface area contributed by atoms with Crippen molar-refractivity contribution in [1.29, 1.82) is 5.26 Å². The number of carbonyl (C=O) groups is 2. The number of nitrogens with zero attached hydrogens (tertiary/aromatic N) is 2. The van der Waals surface area contributed by atoms with Crippen LogP contribution in [0.1, 0.15) is 12.1 Å². The fourth-order valence-corrected chi connectivity index (χ4v) is 0.822. The van der Waals surface area contributed by atoms with Gasteiger partial charge in [0.25, 0.3) is 0 Å². The van der Waals surface area contributed by atoms with Crippen molar-refractivity contribution in [3.63, 3.8) is 0 Å². The van der Waals surface area contributed by atoms with Gasteiger partial charge in [-0.2, -0.15) is 5.26 Å². The number of rotatable bonds is 3. The summed E-state index contributed by atoms with van der Waals surface area (Å²) in [5.74, 6) is -0.397. The minimum Gasteiger partial charge on any atom is -0.324 e. The lowest BCUT2D eigenvalue weighted by atomic mass is 10.3. The largest absolute Gasteiger partial charge is 0.324 e. The van der Waals surface area contributed by atoms with Crippen LogP contribution < -0.4 is 5.32 Å². The van der Waals surface area contributed by atoms with Crippen molar-refractivity contribution in [1.82, 2.24) is 4.98 Å². The molecule has 70 valence electrons. The highest BCUT2D eigenvalue weighted by Gasteiger charge is 2.00. The third kappa shape index (κ3) is 2.68. The highest BCUT2D eigenvalue weighted by molar-refractivity contribution is 5.97. The van der Waals surface area contributed by atoms with Gasteiger partial charge in [-0.05, 0) is 12.1 Å². The molecule has 1 heterocycles. The summed E-state index contributed by atoms with van der Waals surface area (Å²) in [6, 6.07) is 4.89. The van der Waals surface area contributed by atoms with Crippen LogP contribution in [0.3, 0.4) is 0 Å². The lowest BCUT2D eigenvalue weighted by Crippen LogP contribution is -2.11. The molecule has 5 nitrogen and oxygen atoms in total. The quantitative estimate of drug-likeness (QED) is 0.553. The van der Waals surface area contributed by atoms with E-state index in [2.05, 4.69) is 10.3 Å². The Hall–Kier alpha value is -2.22. The fraction of sp³-hybridized carbons (Fsp3) is 0.111. The average Bonchev–Trinajstić information content (AvgIpc) is 2.19. The number of pyridine rings is 1. The first-order valence-corrected chi connectivity index (χ1v) is 3.86. The summed E-state index contributed by atoms with van der Waals surface area (Å²) in [6.45, 7) is 0. The molecule has 1 aromatic heterocycles. The molecule has 0 aliphatic rings. The molecule has 1 aromatic rings. The van der Waals surface area contributed by atoms with E-state index in [1.54, 1.807) is 6.07 Å².